The van der Waals surface area contributed by atoms with Gasteiger partial charge >= 0.3 is 12.2 Å². The number of ether oxygens (including phenoxy) is 6. The molecule has 3 saturated heterocycles. The Kier molecular flexibility index (Phi) is 23.3. The molecule has 3 heterocycles. The molecule has 0 aromatic carbocycles. The summed E-state index contributed by atoms with van der Waals surface area (Å²) in [5.74, 6) is 0. The highest BCUT2D eigenvalue weighted by Crippen LogP contribution is 2.25. The van der Waals surface area contributed by atoms with Crippen molar-refractivity contribution in [3.8, 4) is 0 Å². The van der Waals surface area contributed by atoms with Crippen molar-refractivity contribution in [2.45, 2.75) is 58.5 Å². The predicted octanol–water partition coefficient (Wildman–Crippen LogP) is -0.921. The van der Waals surface area contributed by atoms with Gasteiger partial charge in [-0.3, -0.25) is 19.6 Å². The first kappa shape index (κ1) is 48.4. The Hall–Kier alpha value is -1.94. The van der Waals surface area contributed by atoms with Crippen LogP contribution in [0.25, 0.3) is 0 Å². The van der Waals surface area contributed by atoms with Crippen molar-refractivity contribution >= 4 is 12.2 Å². The molecule has 18 heteroatoms. The van der Waals surface area contributed by atoms with Crippen LogP contribution in [-0.2, 0) is 28.4 Å². The smallest absolute Gasteiger partial charge is 0.409 e. The third-order valence-electron chi connectivity index (χ3n) is 10.6. The molecule has 2 amide bonds. The maximum Gasteiger partial charge on any atom is 0.409 e. The molecule has 4 N–H and O–H groups in total. The van der Waals surface area contributed by atoms with E-state index in [9.17, 15) is 30.0 Å². The summed E-state index contributed by atoms with van der Waals surface area (Å²) in [6.07, 6.45) is -2.66. The molecule has 4 unspecified atom stereocenters. The maximum atomic E-state index is 12.0. The third-order valence-corrected chi connectivity index (χ3v) is 10.6. The summed E-state index contributed by atoms with van der Waals surface area (Å²) in [7, 11) is 0. The number of aliphatic hydroxyl groups excluding tert-OH is 4. The van der Waals surface area contributed by atoms with E-state index in [1.807, 2.05) is 13.8 Å². The topological polar surface area (TPSA) is 190 Å². The summed E-state index contributed by atoms with van der Waals surface area (Å²) in [4.78, 5) is 36.1. The Balaban J connectivity index is 1.46. The van der Waals surface area contributed by atoms with Crippen molar-refractivity contribution in [1.82, 2.24) is 29.4 Å². The largest absolute Gasteiger partial charge is 0.450 e. The first-order valence-corrected chi connectivity index (χ1v) is 20.8. The van der Waals surface area contributed by atoms with Crippen LogP contribution in [0.4, 0.5) is 9.59 Å². The van der Waals surface area contributed by atoms with E-state index in [0.29, 0.717) is 111 Å². The van der Waals surface area contributed by atoms with Crippen LogP contribution in [0.5, 0.6) is 0 Å². The molecular weight excluding hydrogens is 732 g/mol. The van der Waals surface area contributed by atoms with Crippen LogP contribution in [0.15, 0.2) is 0 Å². The van der Waals surface area contributed by atoms with Crippen LogP contribution in [-0.4, -0.2) is 257 Å². The first-order chi connectivity index (χ1) is 27.0. The fourth-order valence-corrected chi connectivity index (χ4v) is 7.13. The van der Waals surface area contributed by atoms with Gasteiger partial charge in [0.05, 0.1) is 83.9 Å². The van der Waals surface area contributed by atoms with Gasteiger partial charge in [-0.1, -0.05) is 6.92 Å². The van der Waals surface area contributed by atoms with Crippen LogP contribution in [0.1, 0.15) is 34.1 Å². The van der Waals surface area contributed by atoms with Crippen molar-refractivity contribution in [2.24, 2.45) is 5.41 Å². The summed E-state index contributed by atoms with van der Waals surface area (Å²) in [5, 5.41) is 42.8. The highest BCUT2D eigenvalue weighted by atomic mass is 16.6. The quantitative estimate of drug-likeness (QED) is 0.0840. The Labute approximate surface area is 334 Å². The lowest BCUT2D eigenvalue weighted by atomic mass is 9.88. The summed E-state index contributed by atoms with van der Waals surface area (Å²) in [5.41, 5.74) is -0.594. The number of carbonyl (C=O) groups excluding carboxylic acids is 2. The van der Waals surface area contributed by atoms with Gasteiger partial charge in [0.25, 0.3) is 0 Å². The van der Waals surface area contributed by atoms with Gasteiger partial charge in [0.1, 0.15) is 0 Å². The number of piperazine rings is 3. The van der Waals surface area contributed by atoms with Crippen molar-refractivity contribution in [2.75, 3.05) is 171 Å². The molecule has 0 aromatic rings. The molecule has 0 radical (unpaired) electrons. The van der Waals surface area contributed by atoms with E-state index in [2.05, 4.69) is 19.6 Å². The molecule has 328 valence electrons. The zero-order chi connectivity index (χ0) is 40.8. The number of rotatable bonds is 26. The number of nitrogens with zero attached hydrogens (tertiary/aromatic N) is 6. The molecule has 18 nitrogen and oxygen atoms in total. The van der Waals surface area contributed by atoms with E-state index in [1.54, 1.807) is 23.6 Å². The minimum atomic E-state index is -0.734. The van der Waals surface area contributed by atoms with Gasteiger partial charge in [-0.05, 0) is 27.2 Å². The lowest BCUT2D eigenvalue weighted by molar-refractivity contribution is -0.105. The lowest BCUT2D eigenvalue weighted by Crippen LogP contribution is -2.51. The molecule has 0 aliphatic carbocycles. The Morgan fingerprint density at radius 3 is 1.02 bits per heavy atom. The molecule has 3 rings (SSSR count). The predicted molar refractivity (Wildman–Crippen MR) is 209 cm³/mol. The molecule has 0 spiro atoms. The molecule has 0 aromatic heterocycles. The standard InChI is InChI=1S/C38H74N6O12/c1-5-38(30-53-27-34(47)23-41-13-17-43(18-14-41)36(49)55-7-3,31-54-28-35(48)24-42-15-19-44(20-16-42)37(50)56-8-4)29-52-26-33(46)22-40-11-9-39(10-12-40)21-32(45)25-51-6-2/h32-35,45-48H,5-31H2,1-4H3. The van der Waals surface area contributed by atoms with Crippen LogP contribution >= 0.6 is 0 Å². The minimum absolute atomic E-state index is 0.109. The second kappa shape index (κ2) is 26.9. The van der Waals surface area contributed by atoms with Gasteiger partial charge < -0.3 is 58.6 Å². The van der Waals surface area contributed by atoms with Gasteiger partial charge in [-0.15, -0.1) is 0 Å². The number of hydrogen-bond donors (Lipinski definition) is 4. The van der Waals surface area contributed by atoms with Crippen LogP contribution in [0.3, 0.4) is 0 Å². The van der Waals surface area contributed by atoms with E-state index in [-0.39, 0.29) is 51.8 Å². The van der Waals surface area contributed by atoms with Crippen molar-refractivity contribution in [3.63, 3.8) is 0 Å². The van der Waals surface area contributed by atoms with Crippen LogP contribution in [0.2, 0.25) is 0 Å². The fraction of sp³-hybridized carbons (Fsp3) is 0.947. The van der Waals surface area contributed by atoms with Crippen LogP contribution in [0, 0.1) is 5.41 Å². The molecule has 4 atom stereocenters. The molecule has 3 aliphatic rings. The second-order valence-electron chi connectivity index (χ2n) is 15.2. The summed E-state index contributed by atoms with van der Waals surface area (Å²) in [6.45, 7) is 19.9. The molecule has 3 aliphatic heterocycles. The third kappa shape index (κ3) is 18.3. The number of carbonyl (C=O) groups is 2. The van der Waals surface area contributed by atoms with Gasteiger partial charge in [-0.2, -0.15) is 0 Å². The summed E-state index contributed by atoms with van der Waals surface area (Å²) < 4.78 is 33.9. The maximum absolute atomic E-state index is 12.0. The van der Waals surface area contributed by atoms with E-state index in [1.165, 1.54) is 0 Å². The molecule has 56 heavy (non-hydrogen) atoms. The van der Waals surface area contributed by atoms with Gasteiger partial charge in [-0.25, -0.2) is 9.59 Å². The van der Waals surface area contributed by atoms with Crippen molar-refractivity contribution in [3.05, 3.63) is 0 Å². The molecule has 0 bridgehead atoms. The number of amides is 2. The SMILES string of the molecule is CCOCC(O)CN1CCN(CC(O)COCC(CC)(COCC(O)CN2CCN(C(=O)OCC)CC2)COCC(O)CN2CCN(C(=O)OCC)CC2)CC1. The average Bonchev–Trinajstić information content (AvgIpc) is 3.18. The van der Waals surface area contributed by atoms with E-state index in [4.69, 9.17) is 28.4 Å². The Morgan fingerprint density at radius 1 is 0.464 bits per heavy atom. The fourth-order valence-electron chi connectivity index (χ4n) is 7.13. The van der Waals surface area contributed by atoms with Crippen molar-refractivity contribution in [1.29, 1.82) is 0 Å². The normalized spacial score (nSPS) is 21.4. The second-order valence-corrected chi connectivity index (χ2v) is 15.2. The average molecular weight is 807 g/mol. The lowest BCUT2D eigenvalue weighted by Gasteiger charge is -2.37. The summed E-state index contributed by atoms with van der Waals surface area (Å²) in [6, 6.07) is 0. The highest BCUT2D eigenvalue weighted by molar-refractivity contribution is 5.68. The number of aliphatic hydroxyl groups is 4. The highest BCUT2D eigenvalue weighted by Gasteiger charge is 2.32. The zero-order valence-electron chi connectivity index (χ0n) is 34.6. The van der Waals surface area contributed by atoms with Crippen LogP contribution < -0.4 is 0 Å². The zero-order valence-corrected chi connectivity index (χ0v) is 34.6. The monoisotopic (exact) mass is 807 g/mol. The van der Waals surface area contributed by atoms with Crippen molar-refractivity contribution < 1.29 is 58.4 Å². The number of β-amino-alcohol motifs (C(OH)–C–C–N with tert-alkyl or cyclic N) is 4. The minimum Gasteiger partial charge on any atom is -0.450 e. The van der Waals surface area contributed by atoms with Gasteiger partial charge in [0.15, 0.2) is 0 Å². The van der Waals surface area contributed by atoms with Gasteiger partial charge in [0, 0.05) is 117 Å². The molecular formula is C38H74N6O12. The first-order valence-electron chi connectivity index (χ1n) is 20.8. The van der Waals surface area contributed by atoms with E-state index < -0.39 is 29.8 Å². The van der Waals surface area contributed by atoms with E-state index >= 15 is 0 Å². The Bertz CT molecular complexity index is 1010. The Morgan fingerprint density at radius 2 is 0.750 bits per heavy atom. The van der Waals surface area contributed by atoms with E-state index in [0.717, 1.165) is 26.2 Å². The van der Waals surface area contributed by atoms with Gasteiger partial charge in [0.2, 0.25) is 0 Å². The molecule has 3 fully saturated rings. The number of hydrogen-bond acceptors (Lipinski definition) is 16. The summed E-state index contributed by atoms with van der Waals surface area (Å²) >= 11 is 0. The molecule has 0 saturated carbocycles.